The van der Waals surface area contributed by atoms with Crippen LogP contribution in [0.4, 0.5) is 23.2 Å². The number of carbonyl (C=O) groups excluding carboxylic acids is 3. The molecule has 13 nitrogen and oxygen atoms in total. The molecule has 0 spiro atoms. The zero-order valence-corrected chi connectivity index (χ0v) is 41.4. The number of phenolic OH excluding ortho intramolecular Hbond substituents is 3. The van der Waals surface area contributed by atoms with Crippen molar-refractivity contribution in [1.29, 1.82) is 0 Å². The molecular formula is C56H45F4N7O6S2. The van der Waals surface area contributed by atoms with E-state index in [4.69, 9.17) is 9.97 Å². The van der Waals surface area contributed by atoms with Gasteiger partial charge in [-0.15, -0.1) is 0 Å². The third-order valence-electron chi connectivity index (χ3n) is 12.2. The Bertz CT molecular complexity index is 3640. The highest BCUT2D eigenvalue weighted by molar-refractivity contribution is 8.76. The first-order chi connectivity index (χ1) is 36.2. The predicted octanol–water partition coefficient (Wildman–Crippen LogP) is 11.7. The lowest BCUT2D eigenvalue weighted by molar-refractivity contribution is -0.137. The van der Waals surface area contributed by atoms with Gasteiger partial charge in [-0.2, -0.15) is 0 Å². The van der Waals surface area contributed by atoms with E-state index in [1.165, 1.54) is 64.9 Å². The van der Waals surface area contributed by atoms with E-state index < -0.39 is 46.3 Å². The molecule has 0 saturated carbocycles. The van der Waals surface area contributed by atoms with Crippen LogP contribution in [0.3, 0.4) is 0 Å². The number of aryl methyl sites for hydroxylation is 1. The fourth-order valence-electron chi connectivity index (χ4n) is 8.80. The number of hydrogen-bond acceptors (Lipinski definition) is 11. The smallest absolute Gasteiger partial charge is 0.253 e. The van der Waals surface area contributed by atoms with E-state index in [0.29, 0.717) is 67.1 Å². The number of amides is 3. The molecule has 75 heavy (non-hydrogen) atoms. The number of nitrogens with one attached hydrogen (secondary N) is 4. The lowest BCUT2D eigenvalue weighted by Crippen LogP contribution is -2.35. The minimum atomic E-state index is -1.71. The van der Waals surface area contributed by atoms with Gasteiger partial charge in [0.25, 0.3) is 11.8 Å². The van der Waals surface area contributed by atoms with Crippen LogP contribution >= 0.6 is 21.6 Å². The zero-order chi connectivity index (χ0) is 52.9. The van der Waals surface area contributed by atoms with Crippen molar-refractivity contribution in [3.05, 3.63) is 162 Å². The summed E-state index contributed by atoms with van der Waals surface area (Å²) in [7, 11) is 2.62. The highest BCUT2D eigenvalue weighted by Gasteiger charge is 2.29. The predicted molar refractivity (Wildman–Crippen MR) is 288 cm³/mol. The number of phenols is 3. The molecule has 9 rings (SSSR count). The highest BCUT2D eigenvalue weighted by atomic mass is 33.1. The molecule has 4 aromatic carbocycles. The second-order valence-corrected chi connectivity index (χ2v) is 19.8. The highest BCUT2D eigenvalue weighted by Crippen LogP contribution is 2.41. The lowest BCUT2D eigenvalue weighted by atomic mass is 10.0. The van der Waals surface area contributed by atoms with E-state index in [1.54, 1.807) is 72.8 Å². The zero-order valence-electron chi connectivity index (χ0n) is 39.8. The number of nitrogens with zero attached hydrogens (tertiary/aromatic N) is 3. The number of imide groups is 1. The molecule has 5 heterocycles. The summed E-state index contributed by atoms with van der Waals surface area (Å²) in [5.41, 5.74) is 2.74. The van der Waals surface area contributed by atoms with Crippen LogP contribution in [0, 0.1) is 30.2 Å². The van der Waals surface area contributed by atoms with Crippen molar-refractivity contribution in [2.24, 2.45) is 0 Å². The van der Waals surface area contributed by atoms with Gasteiger partial charge in [0.1, 0.15) is 22.9 Å². The molecule has 7 aromatic rings. The van der Waals surface area contributed by atoms with Gasteiger partial charge in [0.05, 0.1) is 22.6 Å². The fourth-order valence-corrected chi connectivity index (χ4v) is 10.6. The Kier molecular flexibility index (Phi) is 15.3. The Labute approximate surface area is 434 Å². The van der Waals surface area contributed by atoms with Gasteiger partial charge in [-0.3, -0.25) is 24.3 Å². The Balaban J connectivity index is 1.14. The SMILES string of the molecule is C=Cc1nc(C)c(-c2c(F)c(F)c(NCCSSCCNC(=O)CCN3C(=O)C=CC3=O)c(F)c2F)c2ccc([nH]2)c(-c2cccc(O)c2)c2nc(c(-c3cccc(O)c3)c3ccc([nH]3)c1-c1cccc(O)c1)C=C2. The van der Waals surface area contributed by atoms with Crippen molar-refractivity contribution in [2.75, 3.05) is 36.5 Å². The molecule has 3 amide bonds. The van der Waals surface area contributed by atoms with Crippen molar-refractivity contribution in [3.63, 3.8) is 0 Å². The average Bonchev–Trinajstić information content (AvgIpc) is 4.25. The van der Waals surface area contributed by atoms with Crippen LogP contribution in [-0.4, -0.2) is 89.0 Å². The molecule has 3 aromatic heterocycles. The summed E-state index contributed by atoms with van der Waals surface area (Å²) in [6.07, 6.45) is 7.15. The van der Waals surface area contributed by atoms with Crippen LogP contribution in [0.5, 0.6) is 17.2 Å². The normalized spacial score (nSPS) is 12.4. The van der Waals surface area contributed by atoms with E-state index in [1.807, 2.05) is 6.07 Å². The second-order valence-electron chi connectivity index (χ2n) is 17.1. The number of H-pyrrole nitrogens is 2. The number of anilines is 1. The topological polar surface area (TPSA) is 197 Å². The fraction of sp³-hybridized carbons (Fsp3) is 0.125. The van der Waals surface area contributed by atoms with E-state index >= 15 is 17.6 Å². The number of carbonyl (C=O) groups is 3. The third-order valence-corrected chi connectivity index (χ3v) is 14.6. The van der Waals surface area contributed by atoms with Crippen molar-refractivity contribution in [3.8, 4) is 61.8 Å². The monoisotopic (exact) mass is 1050 g/mol. The van der Waals surface area contributed by atoms with Crippen LogP contribution in [-0.2, 0) is 14.4 Å². The van der Waals surface area contributed by atoms with E-state index in [9.17, 15) is 29.7 Å². The molecule has 380 valence electrons. The van der Waals surface area contributed by atoms with Crippen LogP contribution in [0.15, 0.2) is 116 Å². The van der Waals surface area contributed by atoms with E-state index in [0.717, 1.165) is 17.1 Å². The molecule has 2 aliphatic heterocycles. The number of rotatable bonds is 16. The number of benzene rings is 4. The molecule has 0 atom stereocenters. The molecule has 0 unspecified atom stereocenters. The Morgan fingerprint density at radius 2 is 1.09 bits per heavy atom. The number of halogens is 4. The Hall–Kier alpha value is -8.55. The summed E-state index contributed by atoms with van der Waals surface area (Å²) in [5.74, 6) is -7.58. The first-order valence-electron chi connectivity index (χ1n) is 23.3. The van der Waals surface area contributed by atoms with Crippen LogP contribution in [0.25, 0.3) is 84.8 Å². The van der Waals surface area contributed by atoms with Crippen LogP contribution < -0.4 is 10.6 Å². The molecule has 0 aliphatic carbocycles. The summed E-state index contributed by atoms with van der Waals surface area (Å²) in [6.45, 7) is 5.56. The standard InChI is InChI=1S/C56H45F4N7O6S2/c1-3-37-48(31-7-4-10-34(68)27-31)39-15-16-41(65-39)50(33-9-6-12-36(70)29-33)43-18-17-42(66-43)49(32-8-5-11-35(69)28-32)40-14-13-38(64-40)47(30(2)63-37)51-52(57)54(59)56(55(60)53(51)58)62-23-26-75-74-25-22-61-44(71)21-24-67-45(72)19-20-46(67)73/h3-20,27-29,62,64-65,68-70H,1,21-26H2,2H3,(H,61,71). The molecule has 0 saturated heterocycles. The Morgan fingerprint density at radius 1 is 0.627 bits per heavy atom. The number of hydrogen-bond donors (Lipinski definition) is 7. The minimum Gasteiger partial charge on any atom is -0.508 e. The van der Waals surface area contributed by atoms with Gasteiger partial charge in [0.2, 0.25) is 5.91 Å². The summed E-state index contributed by atoms with van der Waals surface area (Å²) in [4.78, 5) is 53.3. The number of aromatic amines is 2. The first-order valence-corrected chi connectivity index (χ1v) is 25.8. The molecule has 0 fully saturated rings. The van der Waals surface area contributed by atoms with Gasteiger partial charge in [-0.25, -0.2) is 22.5 Å². The largest absolute Gasteiger partial charge is 0.508 e. The van der Waals surface area contributed by atoms with Gasteiger partial charge in [0, 0.05) is 99.7 Å². The van der Waals surface area contributed by atoms with Crippen molar-refractivity contribution < 1.29 is 47.3 Å². The number of fused-ring (bicyclic) bond motifs is 6. The van der Waals surface area contributed by atoms with Crippen molar-refractivity contribution in [1.82, 2.24) is 30.2 Å². The average molecular weight is 1050 g/mol. The van der Waals surface area contributed by atoms with Gasteiger partial charge in [-0.05, 0) is 103 Å². The molecule has 0 radical (unpaired) electrons. The van der Waals surface area contributed by atoms with Gasteiger partial charge >= 0.3 is 0 Å². The molecule has 7 N–H and O–H groups in total. The minimum absolute atomic E-state index is 0.00437. The quantitative estimate of drug-likeness (QED) is 0.0160. The Morgan fingerprint density at radius 3 is 1.59 bits per heavy atom. The maximum Gasteiger partial charge on any atom is 0.253 e. The molecule has 6 bridgehead atoms. The summed E-state index contributed by atoms with van der Waals surface area (Å²) in [6, 6.07) is 26.0. The van der Waals surface area contributed by atoms with Crippen LogP contribution in [0.2, 0.25) is 0 Å². The molecule has 19 heteroatoms. The third kappa shape index (κ3) is 10.9. The van der Waals surface area contributed by atoms with E-state index in [-0.39, 0.29) is 77.4 Å². The van der Waals surface area contributed by atoms with Gasteiger partial charge < -0.3 is 35.9 Å². The van der Waals surface area contributed by atoms with Gasteiger partial charge in [-0.1, -0.05) is 64.6 Å². The van der Waals surface area contributed by atoms with Crippen LogP contribution in [0.1, 0.15) is 29.2 Å². The number of aromatic nitrogens is 4. The van der Waals surface area contributed by atoms with E-state index in [2.05, 4.69) is 27.2 Å². The first kappa shape index (κ1) is 51.4. The van der Waals surface area contributed by atoms with Gasteiger partial charge in [0.15, 0.2) is 23.3 Å². The maximum absolute atomic E-state index is 16.9. The molecular weight excluding hydrogens is 1010 g/mol. The van der Waals surface area contributed by atoms with Crippen molar-refractivity contribution >= 4 is 85.3 Å². The second kappa shape index (κ2) is 22.3. The van der Waals surface area contributed by atoms with Crippen molar-refractivity contribution in [2.45, 2.75) is 13.3 Å². The summed E-state index contributed by atoms with van der Waals surface area (Å²) < 4.78 is 66.6. The number of aromatic hydroxyl groups is 3. The summed E-state index contributed by atoms with van der Waals surface area (Å²) in [5, 5.41) is 37.3. The molecule has 2 aliphatic rings. The summed E-state index contributed by atoms with van der Waals surface area (Å²) >= 11 is 0. The maximum atomic E-state index is 16.9. The lowest BCUT2D eigenvalue weighted by Gasteiger charge is -2.15.